The topological polar surface area (TPSA) is 111 Å². The lowest BCUT2D eigenvalue weighted by Crippen LogP contribution is -2.46. The molecule has 3 aromatic rings. The summed E-state index contributed by atoms with van der Waals surface area (Å²) in [6.07, 6.45) is 1.60. The van der Waals surface area contributed by atoms with Gasteiger partial charge in [-0.3, -0.25) is 14.4 Å². The number of hydrogen-bond acceptors (Lipinski definition) is 6. The van der Waals surface area contributed by atoms with Crippen molar-refractivity contribution in [3.8, 4) is 0 Å². The normalized spacial score (nSPS) is 24.2. The number of benzene rings is 3. The predicted octanol–water partition coefficient (Wildman–Crippen LogP) is 4.78. The van der Waals surface area contributed by atoms with Crippen LogP contribution in [-0.4, -0.2) is 64.2 Å². The van der Waals surface area contributed by atoms with E-state index in [9.17, 15) is 24.6 Å². The SMILES string of the molecule is C[C@@H]1[C@@H](C(C)(C)O)[C@H](CC(=O)N(CCO)Cc2ccccc2)O[C@@]12C(=O)N(Cc1cccc(N3CCCCC3=O)c1)c1ccccc12. The average Bonchev–Trinajstić information content (AvgIpc) is 3.48. The predicted molar refractivity (Wildman–Crippen MR) is 179 cm³/mol. The smallest absolute Gasteiger partial charge is 0.264 e. The van der Waals surface area contributed by atoms with Crippen molar-refractivity contribution in [2.24, 2.45) is 11.8 Å². The van der Waals surface area contributed by atoms with E-state index < -0.39 is 29.1 Å². The van der Waals surface area contributed by atoms with Crippen LogP contribution in [0.15, 0.2) is 78.9 Å². The standard InChI is InChI=1S/C38H45N3O6/c1-26-35(37(2,3)46)32(23-34(44)39(20-21-42)24-27-12-5-4-6-13-27)47-38(26)30-16-7-8-17-31(30)41(36(38)45)25-28-14-11-15-29(22-28)40-19-10-9-18-33(40)43/h4-8,11-17,22,26,32,35,42,46H,9-10,18-21,23-25H2,1-3H3/t26-,32+,35-,38+/m1/s1. The first-order chi connectivity index (χ1) is 22.5. The monoisotopic (exact) mass is 639 g/mol. The number of fused-ring (bicyclic) bond motifs is 2. The number of carbonyl (C=O) groups excluding carboxylic acids is 3. The maximum atomic E-state index is 14.7. The van der Waals surface area contributed by atoms with Gasteiger partial charge >= 0.3 is 0 Å². The summed E-state index contributed by atoms with van der Waals surface area (Å²) in [7, 11) is 0. The lowest BCUT2D eigenvalue weighted by Gasteiger charge is -2.34. The van der Waals surface area contributed by atoms with E-state index in [1.165, 1.54) is 0 Å². The van der Waals surface area contributed by atoms with Gasteiger partial charge in [0.15, 0.2) is 5.60 Å². The third-order valence-electron chi connectivity index (χ3n) is 10.1. The van der Waals surface area contributed by atoms with E-state index in [0.29, 0.717) is 19.5 Å². The van der Waals surface area contributed by atoms with Crippen molar-refractivity contribution in [1.82, 2.24) is 4.90 Å². The fraction of sp³-hybridized carbons (Fsp3) is 0.447. The second-order valence-corrected chi connectivity index (χ2v) is 13.7. The van der Waals surface area contributed by atoms with Crippen LogP contribution >= 0.6 is 0 Å². The van der Waals surface area contributed by atoms with Crippen LogP contribution in [0.5, 0.6) is 0 Å². The highest BCUT2D eigenvalue weighted by molar-refractivity contribution is 6.07. The molecule has 3 aliphatic rings. The third-order valence-corrected chi connectivity index (χ3v) is 10.1. The van der Waals surface area contributed by atoms with E-state index in [-0.39, 0.29) is 43.8 Å². The molecular weight excluding hydrogens is 594 g/mol. The first-order valence-corrected chi connectivity index (χ1v) is 16.7. The minimum Gasteiger partial charge on any atom is -0.395 e. The molecule has 9 nitrogen and oxygen atoms in total. The van der Waals surface area contributed by atoms with Gasteiger partial charge in [0.25, 0.3) is 5.91 Å². The summed E-state index contributed by atoms with van der Waals surface area (Å²) in [6, 6.07) is 25.0. The number of hydrogen-bond donors (Lipinski definition) is 2. The van der Waals surface area contributed by atoms with E-state index in [2.05, 4.69) is 0 Å². The fourth-order valence-corrected chi connectivity index (χ4v) is 7.99. The van der Waals surface area contributed by atoms with E-state index in [1.807, 2.05) is 90.7 Å². The minimum absolute atomic E-state index is 0.0467. The number of piperidine rings is 1. The number of para-hydroxylation sites is 1. The quantitative estimate of drug-likeness (QED) is 0.331. The molecule has 2 N–H and O–H groups in total. The molecule has 3 aromatic carbocycles. The van der Waals surface area contributed by atoms with Gasteiger partial charge < -0.3 is 29.6 Å². The molecule has 3 heterocycles. The van der Waals surface area contributed by atoms with E-state index in [0.717, 1.165) is 40.9 Å². The molecule has 0 saturated carbocycles. The van der Waals surface area contributed by atoms with Crippen LogP contribution < -0.4 is 9.80 Å². The number of aliphatic hydroxyl groups excluding tert-OH is 1. The van der Waals surface area contributed by atoms with Gasteiger partial charge in [-0.15, -0.1) is 0 Å². The van der Waals surface area contributed by atoms with Crippen molar-refractivity contribution in [3.63, 3.8) is 0 Å². The third kappa shape index (κ3) is 6.20. The molecule has 2 saturated heterocycles. The molecule has 3 amide bonds. The van der Waals surface area contributed by atoms with Crippen molar-refractivity contribution in [2.45, 2.75) is 76.9 Å². The second-order valence-electron chi connectivity index (χ2n) is 13.7. The summed E-state index contributed by atoms with van der Waals surface area (Å²) >= 11 is 0. The van der Waals surface area contributed by atoms with Crippen molar-refractivity contribution in [3.05, 3.63) is 95.6 Å². The van der Waals surface area contributed by atoms with Crippen molar-refractivity contribution >= 4 is 29.1 Å². The van der Waals surface area contributed by atoms with Gasteiger partial charge in [-0.25, -0.2) is 0 Å². The molecule has 0 aromatic heterocycles. The highest BCUT2D eigenvalue weighted by atomic mass is 16.5. The van der Waals surface area contributed by atoms with Gasteiger partial charge in [0.1, 0.15) is 0 Å². The molecular formula is C38H45N3O6. The Morgan fingerprint density at radius 1 is 1.00 bits per heavy atom. The van der Waals surface area contributed by atoms with Crippen LogP contribution in [0.3, 0.4) is 0 Å². The van der Waals surface area contributed by atoms with Crippen LogP contribution in [0.4, 0.5) is 11.4 Å². The first-order valence-electron chi connectivity index (χ1n) is 16.7. The molecule has 6 rings (SSSR count). The van der Waals surface area contributed by atoms with Gasteiger partial charge in [-0.05, 0) is 56.0 Å². The summed E-state index contributed by atoms with van der Waals surface area (Å²) < 4.78 is 6.84. The largest absolute Gasteiger partial charge is 0.395 e. The Morgan fingerprint density at radius 2 is 1.72 bits per heavy atom. The summed E-state index contributed by atoms with van der Waals surface area (Å²) in [5.41, 5.74) is 1.46. The number of rotatable bonds is 10. The average molecular weight is 640 g/mol. The molecule has 9 heteroatoms. The molecule has 47 heavy (non-hydrogen) atoms. The van der Waals surface area contributed by atoms with Crippen LogP contribution in [0.25, 0.3) is 0 Å². The van der Waals surface area contributed by atoms with Gasteiger partial charge in [0.2, 0.25) is 11.8 Å². The molecule has 3 aliphatic heterocycles. The van der Waals surface area contributed by atoms with E-state index in [4.69, 9.17) is 4.74 Å². The Bertz CT molecular complexity index is 1620. The van der Waals surface area contributed by atoms with Crippen LogP contribution in [0, 0.1) is 11.8 Å². The number of nitrogens with zero attached hydrogens (tertiary/aromatic N) is 3. The second kappa shape index (κ2) is 13.2. The molecule has 0 bridgehead atoms. The number of anilines is 2. The molecule has 0 radical (unpaired) electrons. The highest BCUT2D eigenvalue weighted by Gasteiger charge is 2.66. The van der Waals surface area contributed by atoms with Crippen molar-refractivity contribution in [1.29, 1.82) is 0 Å². The molecule has 248 valence electrons. The number of aliphatic hydroxyl groups is 2. The first kappa shape index (κ1) is 32.9. The van der Waals surface area contributed by atoms with Crippen molar-refractivity contribution < 1.29 is 29.3 Å². The number of carbonyl (C=O) groups is 3. The summed E-state index contributed by atoms with van der Waals surface area (Å²) in [5.74, 6) is -1.33. The van der Waals surface area contributed by atoms with E-state index >= 15 is 0 Å². The Balaban J connectivity index is 1.30. The Morgan fingerprint density at radius 3 is 2.45 bits per heavy atom. The lowest BCUT2D eigenvalue weighted by atomic mass is 9.71. The maximum Gasteiger partial charge on any atom is 0.264 e. The number of amides is 3. The van der Waals surface area contributed by atoms with E-state index in [1.54, 1.807) is 23.6 Å². The van der Waals surface area contributed by atoms with Crippen LogP contribution in [-0.2, 0) is 37.8 Å². The fourth-order valence-electron chi connectivity index (χ4n) is 7.99. The van der Waals surface area contributed by atoms with Gasteiger partial charge in [-0.1, -0.05) is 67.6 Å². The Hall–Kier alpha value is -4.05. The van der Waals surface area contributed by atoms with Gasteiger partial charge in [0, 0.05) is 49.1 Å². The number of ether oxygens (including phenoxy) is 1. The zero-order valence-electron chi connectivity index (χ0n) is 27.5. The van der Waals surface area contributed by atoms with Crippen LogP contribution in [0.2, 0.25) is 0 Å². The minimum atomic E-state index is -1.39. The Kier molecular flexibility index (Phi) is 9.25. The Labute approximate surface area is 276 Å². The van der Waals surface area contributed by atoms with Crippen LogP contribution in [0.1, 0.15) is 63.1 Å². The molecule has 0 aliphatic carbocycles. The summed E-state index contributed by atoms with van der Waals surface area (Å²) in [6.45, 7) is 6.62. The molecule has 2 fully saturated rings. The summed E-state index contributed by atoms with van der Waals surface area (Å²) in [4.78, 5) is 46.4. The molecule has 0 unspecified atom stereocenters. The van der Waals surface area contributed by atoms with Crippen molar-refractivity contribution in [2.75, 3.05) is 29.5 Å². The highest BCUT2D eigenvalue weighted by Crippen LogP contribution is 2.58. The molecule has 4 atom stereocenters. The maximum absolute atomic E-state index is 14.7. The molecule has 1 spiro atoms. The zero-order valence-corrected chi connectivity index (χ0v) is 27.5. The van der Waals surface area contributed by atoms with Gasteiger partial charge in [-0.2, -0.15) is 0 Å². The summed E-state index contributed by atoms with van der Waals surface area (Å²) in [5, 5.41) is 21.3. The lowest BCUT2D eigenvalue weighted by molar-refractivity contribution is -0.150. The van der Waals surface area contributed by atoms with Gasteiger partial charge in [0.05, 0.1) is 37.0 Å². The zero-order chi connectivity index (χ0) is 33.3.